The molecule has 0 radical (unpaired) electrons. The fourth-order valence-electron chi connectivity index (χ4n) is 5.14. The van der Waals surface area contributed by atoms with Gasteiger partial charge in [0.1, 0.15) is 5.82 Å². The van der Waals surface area contributed by atoms with Crippen molar-refractivity contribution in [3.05, 3.63) is 44.8 Å². The molecule has 0 aliphatic heterocycles. The molecule has 164 valence electrons. The van der Waals surface area contributed by atoms with Gasteiger partial charge in [0.05, 0.1) is 11.6 Å². The molecule has 3 saturated carbocycles. The summed E-state index contributed by atoms with van der Waals surface area (Å²) in [5.74, 6) is 1.50. The summed E-state index contributed by atoms with van der Waals surface area (Å²) in [6.07, 6.45) is 8.65. The number of aromatic amines is 1. The molecule has 7 nitrogen and oxygen atoms in total. The Hall–Kier alpha value is -2.12. The summed E-state index contributed by atoms with van der Waals surface area (Å²) in [4.78, 5) is 29.6. The fraction of sp³-hybridized carbons (Fsp3) is 0.545. The van der Waals surface area contributed by atoms with E-state index >= 15 is 0 Å². The number of nitrogens with zero attached hydrogens (tertiary/aromatic N) is 4. The van der Waals surface area contributed by atoms with Crippen LogP contribution in [-0.2, 0) is 12.0 Å². The van der Waals surface area contributed by atoms with Gasteiger partial charge in [-0.2, -0.15) is 4.98 Å². The van der Waals surface area contributed by atoms with Crippen molar-refractivity contribution in [2.24, 2.45) is 5.41 Å². The Morgan fingerprint density at radius 2 is 1.87 bits per heavy atom. The van der Waals surface area contributed by atoms with Gasteiger partial charge < -0.3 is 9.72 Å². The molecule has 0 spiro atoms. The van der Waals surface area contributed by atoms with Gasteiger partial charge in [-0.15, -0.1) is 0 Å². The molecule has 0 atom stereocenters. The highest BCUT2D eigenvalue weighted by molar-refractivity contribution is 6.30. The zero-order valence-corrected chi connectivity index (χ0v) is 19.0. The topological polar surface area (TPSA) is 85.7 Å². The third kappa shape index (κ3) is 3.61. The molecule has 31 heavy (non-hydrogen) atoms. The number of ether oxygens (including phenoxy) is 1. The molecule has 9 heteroatoms. The Morgan fingerprint density at radius 3 is 2.52 bits per heavy atom. The smallest absolute Gasteiger partial charge is 0.280 e. The van der Waals surface area contributed by atoms with Gasteiger partial charge in [0.25, 0.3) is 5.56 Å². The Kier molecular flexibility index (Phi) is 5.21. The number of imidazole rings is 1. The number of aromatic nitrogens is 5. The normalized spacial score (nSPS) is 25.3. The molecule has 1 N–H and O–H groups in total. The second kappa shape index (κ2) is 7.78. The molecule has 3 aromatic rings. The Bertz CT molecular complexity index is 1150. The van der Waals surface area contributed by atoms with Crippen molar-refractivity contribution in [1.29, 1.82) is 0 Å². The predicted octanol–water partition coefficient (Wildman–Crippen LogP) is 4.90. The van der Waals surface area contributed by atoms with Gasteiger partial charge in [-0.1, -0.05) is 18.5 Å². The number of hydrogen-bond donors (Lipinski definition) is 1. The fourth-order valence-corrected chi connectivity index (χ4v) is 5.49. The number of rotatable bonds is 6. The SMILES string of the molecule is CCCn1c(Cl)nc2nc(C34CCC(COc5ccc(Cl)cn5)(CC3)CC4)[nH]c2c1=O. The maximum Gasteiger partial charge on any atom is 0.280 e. The van der Waals surface area contributed by atoms with E-state index in [-0.39, 0.29) is 21.7 Å². The number of hydrogen-bond acceptors (Lipinski definition) is 5. The van der Waals surface area contributed by atoms with Gasteiger partial charge in [0.15, 0.2) is 11.2 Å². The van der Waals surface area contributed by atoms with E-state index in [0.29, 0.717) is 35.2 Å². The third-order valence-corrected chi connectivity index (χ3v) is 7.65. The molecular formula is C22H25Cl2N5O2. The number of pyridine rings is 1. The summed E-state index contributed by atoms with van der Waals surface area (Å²) >= 11 is 12.2. The second-order valence-corrected chi connectivity index (χ2v) is 9.78. The molecule has 3 aliphatic carbocycles. The maximum absolute atomic E-state index is 12.9. The van der Waals surface area contributed by atoms with Gasteiger partial charge in [0, 0.05) is 29.6 Å². The molecule has 0 amide bonds. The van der Waals surface area contributed by atoms with Crippen LogP contribution in [0, 0.1) is 5.41 Å². The summed E-state index contributed by atoms with van der Waals surface area (Å²) in [5.41, 5.74) is 0.879. The number of nitrogens with one attached hydrogen (secondary N) is 1. The number of fused-ring (bicyclic) bond motifs is 4. The van der Waals surface area contributed by atoms with Gasteiger partial charge >= 0.3 is 0 Å². The van der Waals surface area contributed by atoms with Crippen molar-refractivity contribution in [2.45, 2.75) is 63.8 Å². The van der Waals surface area contributed by atoms with Crippen molar-refractivity contribution in [3.63, 3.8) is 0 Å². The van der Waals surface area contributed by atoms with E-state index in [9.17, 15) is 4.79 Å². The van der Waals surface area contributed by atoms with Crippen LogP contribution in [-0.4, -0.2) is 31.1 Å². The molecule has 3 heterocycles. The molecule has 3 fully saturated rings. The highest BCUT2D eigenvalue weighted by atomic mass is 35.5. The Labute approximate surface area is 190 Å². The summed E-state index contributed by atoms with van der Waals surface area (Å²) in [6.45, 7) is 3.22. The van der Waals surface area contributed by atoms with Crippen molar-refractivity contribution in [3.8, 4) is 5.88 Å². The molecule has 0 saturated heterocycles. The first-order valence-corrected chi connectivity index (χ1v) is 11.6. The van der Waals surface area contributed by atoms with E-state index in [2.05, 4.69) is 15.0 Å². The lowest BCUT2D eigenvalue weighted by Gasteiger charge is -2.52. The first-order chi connectivity index (χ1) is 14.9. The molecule has 3 aliphatic rings. The minimum Gasteiger partial charge on any atom is -0.477 e. The second-order valence-electron chi connectivity index (χ2n) is 9.01. The van der Waals surface area contributed by atoms with Crippen LogP contribution in [0.3, 0.4) is 0 Å². The largest absolute Gasteiger partial charge is 0.477 e. The van der Waals surface area contributed by atoms with Crippen LogP contribution in [0.4, 0.5) is 0 Å². The average molecular weight is 462 g/mol. The lowest BCUT2D eigenvalue weighted by molar-refractivity contribution is -0.00257. The first kappa shape index (κ1) is 20.8. The van der Waals surface area contributed by atoms with E-state index in [4.69, 9.17) is 32.9 Å². The van der Waals surface area contributed by atoms with Crippen LogP contribution in [0.2, 0.25) is 10.3 Å². The van der Waals surface area contributed by atoms with Crippen LogP contribution < -0.4 is 10.3 Å². The van der Waals surface area contributed by atoms with Gasteiger partial charge in [-0.05, 0) is 62.6 Å². The first-order valence-electron chi connectivity index (χ1n) is 10.8. The third-order valence-electron chi connectivity index (χ3n) is 7.14. The van der Waals surface area contributed by atoms with Crippen molar-refractivity contribution in [2.75, 3.05) is 6.61 Å². The van der Waals surface area contributed by atoms with Crippen LogP contribution in [0.1, 0.15) is 57.7 Å². The summed E-state index contributed by atoms with van der Waals surface area (Å²) in [6, 6.07) is 3.61. The predicted molar refractivity (Wildman–Crippen MR) is 120 cm³/mol. The molecule has 6 rings (SSSR count). The van der Waals surface area contributed by atoms with E-state index in [0.717, 1.165) is 50.8 Å². The molecular weight excluding hydrogens is 437 g/mol. The highest BCUT2D eigenvalue weighted by Crippen LogP contribution is 2.57. The molecule has 0 aromatic carbocycles. The summed E-state index contributed by atoms with van der Waals surface area (Å²) in [5, 5.41) is 0.808. The van der Waals surface area contributed by atoms with Crippen LogP contribution in [0.25, 0.3) is 11.2 Å². The molecule has 0 unspecified atom stereocenters. The van der Waals surface area contributed by atoms with E-state index in [1.54, 1.807) is 12.3 Å². The van der Waals surface area contributed by atoms with Gasteiger partial charge in [0.2, 0.25) is 11.2 Å². The van der Waals surface area contributed by atoms with E-state index in [1.165, 1.54) is 4.57 Å². The monoisotopic (exact) mass is 461 g/mol. The van der Waals surface area contributed by atoms with E-state index < -0.39 is 0 Å². The zero-order valence-electron chi connectivity index (χ0n) is 17.5. The number of H-pyrrole nitrogens is 1. The van der Waals surface area contributed by atoms with Crippen LogP contribution in [0.5, 0.6) is 5.88 Å². The zero-order chi connectivity index (χ0) is 21.6. The van der Waals surface area contributed by atoms with Crippen molar-refractivity contribution in [1.82, 2.24) is 24.5 Å². The van der Waals surface area contributed by atoms with Crippen LogP contribution >= 0.6 is 23.2 Å². The standard InChI is InChI=1S/C22H25Cl2N5O2/c1-2-11-29-18(30)16-17(28-20(29)24)27-19(26-16)22-8-5-21(6-9-22,7-10-22)13-31-15-4-3-14(23)12-25-15/h3-4,12H,2,5-11,13H2,1H3,(H,26,27). The minimum absolute atomic E-state index is 0.0323. The Balaban J connectivity index is 1.35. The molecule has 2 bridgehead atoms. The highest BCUT2D eigenvalue weighted by Gasteiger charge is 2.51. The van der Waals surface area contributed by atoms with E-state index in [1.807, 2.05) is 13.0 Å². The van der Waals surface area contributed by atoms with Crippen molar-refractivity contribution >= 4 is 34.4 Å². The maximum atomic E-state index is 12.9. The summed E-state index contributed by atoms with van der Waals surface area (Å²) < 4.78 is 7.52. The average Bonchev–Trinajstić information content (AvgIpc) is 3.23. The van der Waals surface area contributed by atoms with Crippen molar-refractivity contribution < 1.29 is 4.74 Å². The minimum atomic E-state index is -0.142. The van der Waals surface area contributed by atoms with Gasteiger partial charge in [-0.25, -0.2) is 9.97 Å². The van der Waals surface area contributed by atoms with Gasteiger partial charge in [-0.3, -0.25) is 9.36 Å². The number of halogens is 2. The summed E-state index contributed by atoms with van der Waals surface area (Å²) in [7, 11) is 0. The lowest BCUT2D eigenvalue weighted by Crippen LogP contribution is -2.47. The molecule has 3 aromatic heterocycles. The quantitative estimate of drug-likeness (QED) is 0.527. The Morgan fingerprint density at radius 1 is 1.13 bits per heavy atom. The lowest BCUT2D eigenvalue weighted by atomic mass is 9.53. The van der Waals surface area contributed by atoms with Crippen LogP contribution in [0.15, 0.2) is 23.1 Å².